The number of ether oxygens (including phenoxy) is 2. The van der Waals surface area contributed by atoms with Crippen LogP contribution in [0.5, 0.6) is 0 Å². The number of morpholine rings is 1. The highest BCUT2D eigenvalue weighted by Gasteiger charge is 2.27. The molecule has 0 spiro atoms. The van der Waals surface area contributed by atoms with Crippen molar-refractivity contribution in [3.05, 3.63) is 70.3 Å². The normalized spacial score (nSPS) is 17.8. The van der Waals surface area contributed by atoms with Gasteiger partial charge in [0.1, 0.15) is 0 Å². The van der Waals surface area contributed by atoms with Crippen LogP contribution in [0.2, 0.25) is 0 Å². The summed E-state index contributed by atoms with van der Waals surface area (Å²) in [5.74, 6) is -0.302. The van der Waals surface area contributed by atoms with E-state index in [1.165, 1.54) is 25.7 Å². The Morgan fingerprint density at radius 1 is 1.00 bits per heavy atom. The highest BCUT2D eigenvalue weighted by Crippen LogP contribution is 2.28. The van der Waals surface area contributed by atoms with Crippen LogP contribution in [0.1, 0.15) is 84.2 Å². The lowest BCUT2D eigenvalue weighted by Crippen LogP contribution is -2.43. The van der Waals surface area contributed by atoms with Crippen LogP contribution in [0.15, 0.2) is 47.6 Å². The third-order valence-electron chi connectivity index (χ3n) is 7.41. The largest absolute Gasteiger partial charge is 0.465 e. The molecular formula is C31H42N4O4. The number of benzene rings is 2. The lowest BCUT2D eigenvalue weighted by atomic mass is 9.92. The molecule has 0 aliphatic carbocycles. The van der Waals surface area contributed by atoms with Gasteiger partial charge in [-0.05, 0) is 35.6 Å². The van der Waals surface area contributed by atoms with E-state index in [2.05, 4.69) is 12.0 Å². The lowest BCUT2D eigenvalue weighted by Gasteiger charge is -2.34. The second-order valence-electron chi connectivity index (χ2n) is 10.3. The number of carbonyl (C=O) groups excluding carboxylic acids is 2. The second kappa shape index (κ2) is 14.9. The Bertz CT molecular complexity index is 1110. The van der Waals surface area contributed by atoms with Crippen molar-refractivity contribution in [3.63, 3.8) is 0 Å². The molecule has 4 rings (SSSR count). The van der Waals surface area contributed by atoms with E-state index in [-0.39, 0.29) is 18.3 Å². The fourth-order valence-corrected chi connectivity index (χ4v) is 5.00. The first-order valence-electron chi connectivity index (χ1n) is 14.3. The zero-order valence-electron chi connectivity index (χ0n) is 23.1. The molecule has 8 nitrogen and oxygen atoms in total. The minimum Gasteiger partial charge on any atom is -0.465 e. The van der Waals surface area contributed by atoms with Crippen molar-refractivity contribution in [2.75, 3.05) is 46.0 Å². The lowest BCUT2D eigenvalue weighted by molar-refractivity contribution is -0.145. The molecule has 1 fully saturated rings. The molecular weight excluding hydrogens is 492 g/mol. The maximum atomic E-state index is 13.3. The minimum atomic E-state index is -0.457. The first kappa shape index (κ1) is 28.9. The summed E-state index contributed by atoms with van der Waals surface area (Å²) >= 11 is 0. The molecule has 1 saturated heterocycles. The molecule has 2 aromatic rings. The molecule has 2 aliphatic heterocycles. The molecule has 2 heterocycles. The summed E-state index contributed by atoms with van der Waals surface area (Å²) in [6, 6.07) is 13.2. The summed E-state index contributed by atoms with van der Waals surface area (Å²) in [6.07, 6.45) is 9.04. The number of hydrazone groups is 1. The van der Waals surface area contributed by atoms with Crippen LogP contribution in [-0.4, -0.2) is 73.9 Å². The highest BCUT2D eigenvalue weighted by molar-refractivity contribution is 6.09. The molecule has 1 unspecified atom stereocenters. The van der Waals surface area contributed by atoms with E-state index in [4.69, 9.17) is 15.2 Å². The summed E-state index contributed by atoms with van der Waals surface area (Å²) in [6.45, 7) is 6.45. The average molecular weight is 535 g/mol. The Morgan fingerprint density at radius 3 is 2.49 bits per heavy atom. The Balaban J connectivity index is 1.31. The van der Waals surface area contributed by atoms with Crippen LogP contribution >= 0.6 is 0 Å². The molecule has 8 heteroatoms. The Labute approximate surface area is 232 Å². The van der Waals surface area contributed by atoms with Crippen molar-refractivity contribution in [2.24, 2.45) is 10.8 Å². The van der Waals surface area contributed by atoms with Gasteiger partial charge in [-0.2, -0.15) is 5.10 Å². The molecule has 0 saturated carbocycles. The van der Waals surface area contributed by atoms with Gasteiger partial charge >= 0.3 is 5.97 Å². The first-order chi connectivity index (χ1) is 19.0. The van der Waals surface area contributed by atoms with E-state index in [9.17, 15) is 9.59 Å². The molecule has 2 N–H and O–H groups in total. The van der Waals surface area contributed by atoms with Gasteiger partial charge in [-0.3, -0.25) is 19.5 Å². The van der Waals surface area contributed by atoms with Crippen molar-refractivity contribution in [2.45, 2.75) is 58.0 Å². The predicted octanol–water partition coefficient (Wildman–Crippen LogP) is 4.30. The third kappa shape index (κ3) is 8.46. The number of carbonyl (C=O) groups is 2. The zero-order valence-corrected chi connectivity index (χ0v) is 23.1. The fraction of sp³-hybridized carbons (Fsp3) is 0.516. The third-order valence-corrected chi connectivity index (χ3v) is 7.41. The van der Waals surface area contributed by atoms with Gasteiger partial charge in [0.25, 0.3) is 0 Å². The molecule has 2 aromatic carbocycles. The van der Waals surface area contributed by atoms with Gasteiger partial charge in [0.05, 0.1) is 51.8 Å². The number of hydrogen-bond acceptors (Lipinski definition) is 8. The van der Waals surface area contributed by atoms with Gasteiger partial charge in [0.2, 0.25) is 0 Å². The molecule has 0 bridgehead atoms. The van der Waals surface area contributed by atoms with E-state index >= 15 is 0 Å². The van der Waals surface area contributed by atoms with Crippen molar-refractivity contribution in [3.8, 4) is 0 Å². The van der Waals surface area contributed by atoms with Gasteiger partial charge in [0, 0.05) is 17.7 Å². The summed E-state index contributed by atoms with van der Waals surface area (Å²) < 4.78 is 10.8. The maximum absolute atomic E-state index is 13.3. The number of rotatable bonds is 13. The number of fused-ring (bicyclic) bond motifs is 1. The predicted molar refractivity (Wildman–Crippen MR) is 153 cm³/mol. The zero-order chi connectivity index (χ0) is 27.5. The van der Waals surface area contributed by atoms with Crippen LogP contribution in [0.3, 0.4) is 0 Å². The Morgan fingerprint density at radius 2 is 1.72 bits per heavy atom. The molecule has 0 radical (unpaired) electrons. The SMILES string of the molecule is CCCCCCCCOC(=O)CN1CCc2ccc(C(=O)c3ccc(C=NN4CCOCC4)cc3)cc2C1N. The van der Waals surface area contributed by atoms with Gasteiger partial charge in [-0.1, -0.05) is 75.4 Å². The molecule has 2 aliphatic rings. The van der Waals surface area contributed by atoms with Crippen molar-refractivity contribution < 1.29 is 19.1 Å². The van der Waals surface area contributed by atoms with Gasteiger partial charge in [-0.25, -0.2) is 0 Å². The Hall–Kier alpha value is -3.07. The summed E-state index contributed by atoms with van der Waals surface area (Å²) in [5.41, 5.74) is 10.7. The summed E-state index contributed by atoms with van der Waals surface area (Å²) in [5, 5.41) is 6.48. The number of unbranched alkanes of at least 4 members (excludes halogenated alkanes) is 5. The molecule has 210 valence electrons. The van der Waals surface area contributed by atoms with E-state index in [1.807, 2.05) is 58.6 Å². The van der Waals surface area contributed by atoms with Gasteiger partial charge in [-0.15, -0.1) is 0 Å². The van der Waals surface area contributed by atoms with Crippen LogP contribution < -0.4 is 5.73 Å². The monoisotopic (exact) mass is 534 g/mol. The van der Waals surface area contributed by atoms with E-state index < -0.39 is 6.17 Å². The number of ketones is 1. The van der Waals surface area contributed by atoms with Crippen molar-refractivity contribution >= 4 is 18.0 Å². The number of nitrogens with zero attached hydrogens (tertiary/aromatic N) is 3. The van der Waals surface area contributed by atoms with E-state index in [0.29, 0.717) is 37.5 Å². The number of nitrogens with two attached hydrogens (primary N) is 1. The molecule has 0 aromatic heterocycles. The fourth-order valence-electron chi connectivity index (χ4n) is 5.00. The van der Waals surface area contributed by atoms with E-state index in [0.717, 1.165) is 49.0 Å². The first-order valence-corrected chi connectivity index (χ1v) is 14.3. The van der Waals surface area contributed by atoms with Crippen molar-refractivity contribution in [1.82, 2.24) is 9.91 Å². The van der Waals surface area contributed by atoms with Crippen LogP contribution in [0, 0.1) is 0 Å². The Kier molecular flexibility index (Phi) is 11.1. The smallest absolute Gasteiger partial charge is 0.320 e. The van der Waals surface area contributed by atoms with Gasteiger partial charge < -0.3 is 15.2 Å². The van der Waals surface area contributed by atoms with E-state index in [1.54, 1.807) is 0 Å². The number of esters is 1. The average Bonchev–Trinajstić information content (AvgIpc) is 2.97. The standard InChI is InChI=1S/C31H42N4O4/c1-2-3-4-5-6-7-18-39-29(36)23-34-15-14-25-12-13-27(21-28(25)31(34)32)30(37)26-10-8-24(9-11-26)22-33-35-16-19-38-20-17-35/h8-13,21-22,31H,2-7,14-20,23,32H2,1H3. The number of hydrogen-bond donors (Lipinski definition) is 1. The molecule has 0 amide bonds. The molecule has 1 atom stereocenters. The second-order valence-corrected chi connectivity index (χ2v) is 10.3. The van der Waals surface area contributed by atoms with Crippen LogP contribution in [-0.2, 0) is 20.7 Å². The topological polar surface area (TPSA) is 97.5 Å². The maximum Gasteiger partial charge on any atom is 0.320 e. The summed E-state index contributed by atoms with van der Waals surface area (Å²) in [7, 11) is 0. The van der Waals surface area contributed by atoms with Crippen LogP contribution in [0.4, 0.5) is 0 Å². The quantitative estimate of drug-likeness (QED) is 0.177. The van der Waals surface area contributed by atoms with Crippen LogP contribution in [0.25, 0.3) is 0 Å². The highest BCUT2D eigenvalue weighted by atomic mass is 16.5. The van der Waals surface area contributed by atoms with Gasteiger partial charge in [0.15, 0.2) is 5.78 Å². The minimum absolute atomic E-state index is 0.0582. The van der Waals surface area contributed by atoms with Crippen molar-refractivity contribution in [1.29, 1.82) is 0 Å². The molecule has 39 heavy (non-hydrogen) atoms. The summed E-state index contributed by atoms with van der Waals surface area (Å²) in [4.78, 5) is 27.6.